The van der Waals surface area contributed by atoms with Gasteiger partial charge in [0.25, 0.3) is 0 Å². The third-order valence-corrected chi connectivity index (χ3v) is 8.10. The maximum Gasteiger partial charge on any atom is 0.323 e. The Balaban J connectivity index is 1.99. The first-order valence-corrected chi connectivity index (χ1v) is 13.5. The van der Waals surface area contributed by atoms with Crippen molar-refractivity contribution in [3.63, 3.8) is 0 Å². The van der Waals surface area contributed by atoms with Gasteiger partial charge in [0.2, 0.25) is 0 Å². The van der Waals surface area contributed by atoms with E-state index in [0.29, 0.717) is 30.2 Å². The summed E-state index contributed by atoms with van der Waals surface area (Å²) in [5.74, 6) is 1.17. The molecule has 0 amide bonds. The van der Waals surface area contributed by atoms with Crippen molar-refractivity contribution in [3.05, 3.63) is 54.1 Å². The minimum atomic E-state index is -3.37. The molecule has 1 aliphatic rings. The molecule has 1 aliphatic carbocycles. The lowest BCUT2D eigenvalue weighted by Gasteiger charge is -2.27. The molecular formula is C26H36NO4P. The van der Waals surface area contributed by atoms with Crippen LogP contribution < -0.4 is 9.61 Å². The number of carbonyl (C=O) groups is 1. The fourth-order valence-corrected chi connectivity index (χ4v) is 6.03. The molecule has 2 aromatic carbocycles. The molecule has 3 atom stereocenters. The number of esters is 1. The Morgan fingerprint density at radius 3 is 2.34 bits per heavy atom. The van der Waals surface area contributed by atoms with Crippen LogP contribution in [0.3, 0.4) is 0 Å². The van der Waals surface area contributed by atoms with Crippen LogP contribution in [0.5, 0.6) is 5.75 Å². The second-order valence-corrected chi connectivity index (χ2v) is 11.3. The third-order valence-electron chi connectivity index (χ3n) is 5.80. The molecule has 1 unspecified atom stereocenters. The van der Waals surface area contributed by atoms with Crippen molar-refractivity contribution < 1.29 is 18.6 Å². The number of rotatable bonds is 11. The van der Waals surface area contributed by atoms with E-state index < -0.39 is 19.5 Å². The molecule has 1 saturated carbocycles. The molecule has 0 spiro atoms. The predicted molar refractivity (Wildman–Crippen MR) is 130 cm³/mol. The summed E-state index contributed by atoms with van der Waals surface area (Å²) >= 11 is 0. The van der Waals surface area contributed by atoms with E-state index in [1.54, 1.807) is 20.8 Å². The van der Waals surface area contributed by atoms with E-state index in [4.69, 9.17) is 9.26 Å². The van der Waals surface area contributed by atoms with Crippen LogP contribution in [0.1, 0.15) is 65.4 Å². The monoisotopic (exact) mass is 457 g/mol. The average molecular weight is 458 g/mol. The summed E-state index contributed by atoms with van der Waals surface area (Å²) in [7, 11) is -3.37. The molecule has 1 fully saturated rings. The van der Waals surface area contributed by atoms with Crippen molar-refractivity contribution in [2.75, 3.05) is 6.16 Å². The molecule has 0 saturated heterocycles. The van der Waals surface area contributed by atoms with Gasteiger partial charge in [-0.25, -0.2) is 5.09 Å². The van der Waals surface area contributed by atoms with Gasteiger partial charge >= 0.3 is 13.5 Å². The van der Waals surface area contributed by atoms with Gasteiger partial charge in [-0.15, -0.1) is 0 Å². The van der Waals surface area contributed by atoms with Crippen LogP contribution in [-0.2, 0) is 14.1 Å². The van der Waals surface area contributed by atoms with E-state index in [2.05, 4.69) is 18.1 Å². The standard InChI is InChI=1S/C26H36NO4P/c1-6-17-32(29,27-20(5)26(28)30-18(2)3)31-25-23(19(4)21-15-16-21)13-10-14-24(25)22-11-8-7-9-12-22/h7-14,18-21H,6,15-17H2,1-5H3,(H,27,29)/t19-,20+,32?/m1/s1. The summed E-state index contributed by atoms with van der Waals surface area (Å²) in [6, 6.07) is 15.4. The van der Waals surface area contributed by atoms with Crippen molar-refractivity contribution in [2.45, 2.75) is 71.9 Å². The fraction of sp³-hybridized carbons (Fsp3) is 0.500. The minimum absolute atomic E-state index is 0.233. The number of carbonyl (C=O) groups excluding carboxylic acids is 1. The van der Waals surface area contributed by atoms with Crippen molar-refractivity contribution in [1.29, 1.82) is 0 Å². The van der Waals surface area contributed by atoms with E-state index in [-0.39, 0.29) is 6.10 Å². The normalized spacial score (nSPS) is 17.4. The van der Waals surface area contributed by atoms with E-state index >= 15 is 0 Å². The summed E-state index contributed by atoms with van der Waals surface area (Å²) in [6.07, 6.45) is 3.17. The Morgan fingerprint density at radius 1 is 1.06 bits per heavy atom. The van der Waals surface area contributed by atoms with Crippen LogP contribution in [-0.4, -0.2) is 24.3 Å². The highest BCUT2D eigenvalue weighted by atomic mass is 31.2. The summed E-state index contributed by atoms with van der Waals surface area (Å²) in [5.41, 5.74) is 3.01. The molecule has 0 bridgehead atoms. The molecule has 0 radical (unpaired) electrons. The van der Waals surface area contributed by atoms with Crippen molar-refractivity contribution >= 4 is 13.5 Å². The maximum absolute atomic E-state index is 14.0. The first-order chi connectivity index (χ1) is 15.2. The van der Waals surface area contributed by atoms with Gasteiger partial charge in [0.15, 0.2) is 0 Å². The van der Waals surface area contributed by atoms with Gasteiger partial charge in [0, 0.05) is 11.7 Å². The van der Waals surface area contributed by atoms with Crippen LogP contribution in [0.15, 0.2) is 48.5 Å². The first-order valence-electron chi connectivity index (χ1n) is 11.7. The van der Waals surface area contributed by atoms with Crippen LogP contribution in [0.4, 0.5) is 0 Å². The van der Waals surface area contributed by atoms with E-state index in [0.717, 1.165) is 16.7 Å². The van der Waals surface area contributed by atoms with Gasteiger partial charge in [-0.1, -0.05) is 62.4 Å². The van der Waals surface area contributed by atoms with Crippen LogP contribution in [0.2, 0.25) is 0 Å². The van der Waals surface area contributed by atoms with Crippen molar-refractivity contribution in [3.8, 4) is 16.9 Å². The average Bonchev–Trinajstić information content (AvgIpc) is 3.59. The van der Waals surface area contributed by atoms with Gasteiger partial charge in [-0.3, -0.25) is 9.36 Å². The fourth-order valence-electron chi connectivity index (χ4n) is 3.97. The van der Waals surface area contributed by atoms with Gasteiger partial charge < -0.3 is 9.26 Å². The van der Waals surface area contributed by atoms with Crippen LogP contribution >= 0.6 is 7.52 Å². The highest BCUT2D eigenvalue weighted by molar-refractivity contribution is 7.57. The Labute approximate surface area is 192 Å². The smallest absolute Gasteiger partial charge is 0.323 e. The number of benzene rings is 2. The first kappa shape index (κ1) is 24.5. The van der Waals surface area contributed by atoms with Crippen molar-refractivity contribution in [2.24, 2.45) is 5.92 Å². The largest absolute Gasteiger partial charge is 0.462 e. The zero-order valence-electron chi connectivity index (χ0n) is 19.8. The number of hydrogen-bond donors (Lipinski definition) is 1. The van der Waals surface area contributed by atoms with Gasteiger partial charge in [0.1, 0.15) is 11.8 Å². The highest BCUT2D eigenvalue weighted by Crippen LogP contribution is 2.52. The Bertz CT molecular complexity index is 956. The highest BCUT2D eigenvalue weighted by Gasteiger charge is 2.35. The molecule has 6 heteroatoms. The molecule has 5 nitrogen and oxygen atoms in total. The Kier molecular flexibility index (Phi) is 8.19. The van der Waals surface area contributed by atoms with Gasteiger partial charge in [0.05, 0.1) is 6.10 Å². The second-order valence-electron chi connectivity index (χ2n) is 9.04. The minimum Gasteiger partial charge on any atom is -0.462 e. The Hall–Kier alpha value is -2.10. The molecule has 3 rings (SSSR count). The molecule has 32 heavy (non-hydrogen) atoms. The zero-order chi connectivity index (χ0) is 23.3. The lowest BCUT2D eigenvalue weighted by atomic mass is 9.91. The second kappa shape index (κ2) is 10.7. The number of ether oxygens (including phenoxy) is 1. The van der Waals surface area contributed by atoms with E-state index in [1.807, 2.05) is 49.4 Å². The third kappa shape index (κ3) is 6.24. The zero-order valence-corrected chi connectivity index (χ0v) is 20.7. The topological polar surface area (TPSA) is 64.6 Å². The van der Waals surface area contributed by atoms with Gasteiger partial charge in [-0.2, -0.15) is 0 Å². The summed E-state index contributed by atoms with van der Waals surface area (Å²) in [4.78, 5) is 12.4. The van der Waals surface area contributed by atoms with E-state index in [1.165, 1.54) is 12.8 Å². The quantitative estimate of drug-likeness (QED) is 0.298. The summed E-state index contributed by atoms with van der Waals surface area (Å²) in [5, 5.41) is 3.00. The number of hydrogen-bond acceptors (Lipinski definition) is 4. The molecule has 2 aromatic rings. The molecular weight excluding hydrogens is 421 g/mol. The lowest BCUT2D eigenvalue weighted by molar-refractivity contribution is -0.149. The SMILES string of the molecule is CCCP(=O)(N[C@@H](C)C(=O)OC(C)C)Oc1c(-c2ccccc2)cccc1[C@H](C)C1CC1. The Morgan fingerprint density at radius 2 is 1.75 bits per heavy atom. The number of nitrogens with one attached hydrogen (secondary N) is 1. The summed E-state index contributed by atoms with van der Waals surface area (Å²) < 4.78 is 25.7. The van der Waals surface area contributed by atoms with Gasteiger partial charge in [-0.05, 0) is 63.0 Å². The molecule has 1 N–H and O–H groups in total. The van der Waals surface area contributed by atoms with Crippen LogP contribution in [0, 0.1) is 5.92 Å². The lowest BCUT2D eigenvalue weighted by Crippen LogP contribution is -2.36. The molecule has 0 aliphatic heterocycles. The molecule has 0 heterocycles. The van der Waals surface area contributed by atoms with E-state index in [9.17, 15) is 9.36 Å². The summed E-state index contributed by atoms with van der Waals surface area (Å²) in [6.45, 7) is 9.46. The van der Waals surface area contributed by atoms with Crippen LogP contribution in [0.25, 0.3) is 11.1 Å². The maximum atomic E-state index is 14.0. The number of para-hydroxylation sites is 1. The molecule has 0 aromatic heterocycles. The molecule has 174 valence electrons. The predicted octanol–water partition coefficient (Wildman–Crippen LogP) is 6.78. The van der Waals surface area contributed by atoms with Crippen molar-refractivity contribution in [1.82, 2.24) is 5.09 Å².